The Labute approximate surface area is 181 Å². The van der Waals surface area contributed by atoms with Crippen LogP contribution in [0.15, 0.2) is 47.4 Å². The molecule has 2 aliphatic heterocycles. The second kappa shape index (κ2) is 8.45. The average molecular weight is 451 g/mol. The van der Waals surface area contributed by atoms with E-state index in [0.717, 1.165) is 5.69 Å². The largest absolute Gasteiger partial charge is 0.495 e. The van der Waals surface area contributed by atoms with Gasteiger partial charge in [0.2, 0.25) is 15.9 Å². The predicted octanol–water partition coefficient (Wildman–Crippen LogP) is 3.17. The van der Waals surface area contributed by atoms with Crippen LogP contribution in [-0.4, -0.2) is 52.0 Å². The molecule has 4 rings (SSSR count). The Bertz CT molecular complexity index is 1060. The third-order valence-corrected chi connectivity index (χ3v) is 7.65. The summed E-state index contributed by atoms with van der Waals surface area (Å²) in [6.07, 6.45) is 1.26. The lowest BCUT2D eigenvalue weighted by Crippen LogP contribution is -2.48. The molecule has 0 aliphatic carbocycles. The highest BCUT2D eigenvalue weighted by molar-refractivity contribution is 7.89. The van der Waals surface area contributed by atoms with Gasteiger partial charge in [0.05, 0.1) is 35.2 Å². The normalized spacial score (nSPS) is 19.7. The number of anilines is 1. The highest BCUT2D eigenvalue weighted by Crippen LogP contribution is 2.34. The van der Waals surface area contributed by atoms with Crippen LogP contribution in [0.1, 0.15) is 12.8 Å². The molecular formula is C21H23ClN2O5S. The molecule has 1 saturated heterocycles. The van der Waals surface area contributed by atoms with Crippen molar-refractivity contribution in [3.63, 3.8) is 0 Å². The Morgan fingerprint density at radius 3 is 2.77 bits per heavy atom. The van der Waals surface area contributed by atoms with E-state index in [0.29, 0.717) is 44.0 Å². The average Bonchev–Trinajstić information content (AvgIpc) is 2.78. The molecule has 0 aromatic heterocycles. The number of ether oxygens (including phenoxy) is 2. The van der Waals surface area contributed by atoms with Crippen LogP contribution < -0.4 is 14.4 Å². The zero-order valence-corrected chi connectivity index (χ0v) is 18.2. The summed E-state index contributed by atoms with van der Waals surface area (Å²) >= 11 is 6.12. The number of fused-ring (bicyclic) bond motifs is 1. The van der Waals surface area contributed by atoms with Crippen molar-refractivity contribution in [2.24, 2.45) is 5.92 Å². The number of sulfonamides is 1. The molecule has 1 unspecified atom stereocenters. The van der Waals surface area contributed by atoms with Crippen LogP contribution >= 0.6 is 11.6 Å². The van der Waals surface area contributed by atoms with E-state index in [-0.39, 0.29) is 22.4 Å². The molecule has 1 atom stereocenters. The number of rotatable bonds is 4. The van der Waals surface area contributed by atoms with Crippen molar-refractivity contribution in [3.8, 4) is 11.5 Å². The number of para-hydroxylation sites is 2. The van der Waals surface area contributed by atoms with Gasteiger partial charge in [-0.2, -0.15) is 4.31 Å². The van der Waals surface area contributed by atoms with E-state index in [4.69, 9.17) is 21.1 Å². The van der Waals surface area contributed by atoms with E-state index >= 15 is 0 Å². The van der Waals surface area contributed by atoms with Crippen molar-refractivity contribution < 1.29 is 22.7 Å². The van der Waals surface area contributed by atoms with E-state index in [9.17, 15) is 13.2 Å². The van der Waals surface area contributed by atoms with Crippen LogP contribution in [0.2, 0.25) is 5.02 Å². The number of amides is 1. The summed E-state index contributed by atoms with van der Waals surface area (Å²) in [7, 11) is -2.30. The second-order valence-corrected chi connectivity index (χ2v) is 9.65. The van der Waals surface area contributed by atoms with Gasteiger partial charge in [-0.1, -0.05) is 23.7 Å². The van der Waals surface area contributed by atoms with Gasteiger partial charge in [-0.25, -0.2) is 8.42 Å². The molecule has 1 amide bonds. The lowest BCUT2D eigenvalue weighted by atomic mass is 9.97. The molecule has 0 saturated carbocycles. The van der Waals surface area contributed by atoms with Crippen LogP contribution in [-0.2, 0) is 14.8 Å². The number of hydrogen-bond donors (Lipinski definition) is 0. The van der Waals surface area contributed by atoms with E-state index in [1.165, 1.54) is 29.6 Å². The smallest absolute Gasteiger partial charge is 0.243 e. The van der Waals surface area contributed by atoms with Crippen LogP contribution in [0.5, 0.6) is 11.5 Å². The highest BCUT2D eigenvalue weighted by atomic mass is 35.5. The number of nitrogens with zero attached hydrogens (tertiary/aromatic N) is 2. The Kier molecular flexibility index (Phi) is 5.90. The first kappa shape index (κ1) is 21.0. The molecular weight excluding hydrogens is 428 g/mol. The van der Waals surface area contributed by atoms with E-state index in [2.05, 4.69) is 0 Å². The maximum absolute atomic E-state index is 13.3. The Hall–Kier alpha value is -2.29. The lowest BCUT2D eigenvalue weighted by Gasteiger charge is -2.36. The summed E-state index contributed by atoms with van der Waals surface area (Å²) in [5.41, 5.74) is 0.732. The molecule has 2 aliphatic rings. The van der Waals surface area contributed by atoms with Crippen LogP contribution in [0.4, 0.5) is 5.69 Å². The van der Waals surface area contributed by atoms with Gasteiger partial charge in [0.15, 0.2) is 0 Å². The van der Waals surface area contributed by atoms with Gasteiger partial charge in [0.25, 0.3) is 0 Å². The van der Waals surface area contributed by atoms with Gasteiger partial charge >= 0.3 is 0 Å². The third kappa shape index (κ3) is 3.87. The molecule has 2 heterocycles. The molecule has 30 heavy (non-hydrogen) atoms. The summed E-state index contributed by atoms with van der Waals surface area (Å²) in [5, 5.41) is 0.230. The second-order valence-electron chi connectivity index (χ2n) is 7.30. The first-order chi connectivity index (χ1) is 14.4. The van der Waals surface area contributed by atoms with Gasteiger partial charge < -0.3 is 14.4 Å². The minimum atomic E-state index is -3.77. The zero-order valence-electron chi connectivity index (χ0n) is 16.6. The van der Waals surface area contributed by atoms with Gasteiger partial charge in [-0.05, 0) is 43.2 Å². The lowest BCUT2D eigenvalue weighted by molar-refractivity contribution is -0.123. The molecule has 2 aromatic carbocycles. The molecule has 0 spiro atoms. The molecule has 0 radical (unpaired) electrons. The Morgan fingerprint density at radius 2 is 2.00 bits per heavy atom. The summed E-state index contributed by atoms with van der Waals surface area (Å²) in [4.78, 5) is 15.1. The molecule has 1 fully saturated rings. The highest BCUT2D eigenvalue weighted by Gasteiger charge is 2.36. The third-order valence-electron chi connectivity index (χ3n) is 5.49. The van der Waals surface area contributed by atoms with E-state index < -0.39 is 15.9 Å². The quantitative estimate of drug-likeness (QED) is 0.715. The van der Waals surface area contributed by atoms with Crippen molar-refractivity contribution >= 4 is 33.2 Å². The number of benzene rings is 2. The van der Waals surface area contributed by atoms with Crippen molar-refractivity contribution in [2.75, 3.05) is 38.3 Å². The number of piperidine rings is 1. The van der Waals surface area contributed by atoms with Crippen LogP contribution in [0.3, 0.4) is 0 Å². The van der Waals surface area contributed by atoms with Crippen molar-refractivity contribution in [3.05, 3.63) is 47.5 Å². The van der Waals surface area contributed by atoms with Crippen molar-refractivity contribution in [1.82, 2.24) is 4.31 Å². The fourth-order valence-electron chi connectivity index (χ4n) is 3.94. The van der Waals surface area contributed by atoms with Crippen LogP contribution in [0, 0.1) is 5.92 Å². The molecule has 0 N–H and O–H groups in total. The summed E-state index contributed by atoms with van der Waals surface area (Å²) in [5.74, 6) is 0.602. The van der Waals surface area contributed by atoms with E-state index in [1.807, 2.05) is 24.3 Å². The SMILES string of the molecule is COc1ccc(S(=O)(=O)N2CCCC(C(=O)N3CCOc4ccccc43)C2)cc1Cl. The predicted molar refractivity (Wildman–Crippen MR) is 114 cm³/mol. The number of carbonyl (C=O) groups excluding carboxylic acids is 1. The molecule has 160 valence electrons. The Balaban J connectivity index is 1.55. The van der Waals surface area contributed by atoms with E-state index in [1.54, 1.807) is 4.90 Å². The topological polar surface area (TPSA) is 76.2 Å². The summed E-state index contributed by atoms with van der Waals surface area (Å²) in [6.45, 7) is 1.38. The maximum atomic E-state index is 13.3. The standard InChI is InChI=1S/C21H23ClN2O5S/c1-28-19-9-8-16(13-17(19)22)30(26,27)23-10-4-5-15(14-23)21(25)24-11-12-29-20-7-3-2-6-18(20)24/h2-3,6-9,13,15H,4-5,10-12,14H2,1H3. The first-order valence-electron chi connectivity index (χ1n) is 9.78. The summed E-state index contributed by atoms with van der Waals surface area (Å²) in [6, 6.07) is 11.8. The van der Waals surface area contributed by atoms with Gasteiger partial charge in [-0.15, -0.1) is 0 Å². The zero-order chi connectivity index (χ0) is 21.3. The van der Waals surface area contributed by atoms with Crippen LogP contribution in [0.25, 0.3) is 0 Å². The fraction of sp³-hybridized carbons (Fsp3) is 0.381. The molecule has 9 heteroatoms. The molecule has 7 nitrogen and oxygen atoms in total. The van der Waals surface area contributed by atoms with Gasteiger partial charge in [0.1, 0.15) is 18.1 Å². The Morgan fingerprint density at radius 1 is 1.20 bits per heavy atom. The van der Waals surface area contributed by atoms with Gasteiger partial charge in [-0.3, -0.25) is 4.79 Å². The summed E-state index contributed by atoms with van der Waals surface area (Å²) < 4.78 is 38.4. The maximum Gasteiger partial charge on any atom is 0.243 e. The van der Waals surface area contributed by atoms with Crippen molar-refractivity contribution in [2.45, 2.75) is 17.7 Å². The first-order valence-corrected chi connectivity index (χ1v) is 11.6. The number of hydrogen-bond acceptors (Lipinski definition) is 5. The number of methoxy groups -OCH3 is 1. The minimum absolute atomic E-state index is 0.0709. The minimum Gasteiger partial charge on any atom is -0.495 e. The molecule has 0 bridgehead atoms. The monoisotopic (exact) mass is 450 g/mol. The van der Waals surface area contributed by atoms with Crippen molar-refractivity contribution in [1.29, 1.82) is 0 Å². The fourth-order valence-corrected chi connectivity index (χ4v) is 5.81. The molecule has 2 aromatic rings. The number of halogens is 1. The number of carbonyl (C=O) groups is 1. The van der Waals surface area contributed by atoms with Gasteiger partial charge in [0, 0.05) is 13.1 Å².